The van der Waals surface area contributed by atoms with Gasteiger partial charge in [0, 0.05) is 11.1 Å². The first kappa shape index (κ1) is 13.9. The molecule has 0 amide bonds. The molecular weight excluding hydrogens is 242 g/mol. The summed E-state index contributed by atoms with van der Waals surface area (Å²) in [6.07, 6.45) is 6.36. The van der Waals surface area contributed by atoms with Gasteiger partial charge in [-0.15, -0.1) is 0 Å². The van der Waals surface area contributed by atoms with Crippen molar-refractivity contribution in [3.63, 3.8) is 0 Å². The van der Waals surface area contributed by atoms with Crippen LogP contribution in [0.15, 0.2) is 18.2 Å². The summed E-state index contributed by atoms with van der Waals surface area (Å²) in [5.74, 6) is 0.833. The van der Waals surface area contributed by atoms with Crippen molar-refractivity contribution in [1.29, 1.82) is 0 Å². The molecule has 18 heavy (non-hydrogen) atoms. The largest absolute Gasteiger partial charge is 0.310 e. The van der Waals surface area contributed by atoms with E-state index in [0.29, 0.717) is 6.04 Å². The number of nitrogens with one attached hydrogen (secondary N) is 1. The fraction of sp³-hybridized carbons (Fsp3) is 0.625. The molecule has 1 aliphatic carbocycles. The van der Waals surface area contributed by atoms with Crippen molar-refractivity contribution in [2.75, 3.05) is 6.54 Å². The predicted octanol–water partition coefficient (Wildman–Crippen LogP) is 4.74. The van der Waals surface area contributed by atoms with Gasteiger partial charge in [0.2, 0.25) is 0 Å². The van der Waals surface area contributed by atoms with E-state index in [1.54, 1.807) is 0 Å². The molecule has 1 atom stereocenters. The first-order valence-electron chi connectivity index (χ1n) is 7.18. The molecular formula is C16H24ClN. The third-order valence-corrected chi connectivity index (χ3v) is 4.02. The maximum atomic E-state index is 6.03. The lowest BCUT2D eigenvalue weighted by molar-refractivity contribution is 0.482. The molecule has 0 heterocycles. The minimum absolute atomic E-state index is 0.552. The molecule has 1 nitrogen and oxygen atoms in total. The molecule has 1 aromatic rings. The molecule has 0 spiro atoms. The molecule has 1 N–H and O–H groups in total. The molecule has 100 valence electrons. The van der Waals surface area contributed by atoms with Crippen LogP contribution in [0.3, 0.4) is 0 Å². The Hall–Kier alpha value is -0.530. The first-order valence-corrected chi connectivity index (χ1v) is 7.56. The first-order chi connectivity index (χ1) is 8.66. The number of aryl methyl sites for hydroxylation is 1. The lowest BCUT2D eigenvalue weighted by Crippen LogP contribution is -2.20. The van der Waals surface area contributed by atoms with Gasteiger partial charge in [0.15, 0.2) is 0 Å². The standard InChI is InChI=1S/C16H24ClN/c1-12(2)5-3-4-10-18-16-9-6-13-11-14(17)7-8-15(13)16/h7-8,11-12,16,18H,3-6,9-10H2,1-2H3. The van der Waals surface area contributed by atoms with Gasteiger partial charge in [-0.2, -0.15) is 0 Å². The summed E-state index contributed by atoms with van der Waals surface area (Å²) in [6.45, 7) is 5.73. The summed E-state index contributed by atoms with van der Waals surface area (Å²) < 4.78 is 0. The zero-order chi connectivity index (χ0) is 13.0. The van der Waals surface area contributed by atoms with Gasteiger partial charge in [-0.3, -0.25) is 0 Å². The molecule has 0 bridgehead atoms. The van der Waals surface area contributed by atoms with Gasteiger partial charge in [-0.1, -0.05) is 44.4 Å². The van der Waals surface area contributed by atoms with Gasteiger partial charge in [-0.05, 0) is 55.0 Å². The third-order valence-electron chi connectivity index (χ3n) is 3.78. The fourth-order valence-corrected chi connectivity index (χ4v) is 2.95. The maximum absolute atomic E-state index is 6.03. The number of rotatable bonds is 6. The van der Waals surface area contributed by atoms with E-state index in [0.717, 1.165) is 17.5 Å². The van der Waals surface area contributed by atoms with Crippen molar-refractivity contribution < 1.29 is 0 Å². The molecule has 1 aromatic carbocycles. The molecule has 0 fully saturated rings. The Morgan fingerprint density at radius 2 is 2.17 bits per heavy atom. The van der Waals surface area contributed by atoms with Crippen LogP contribution < -0.4 is 5.32 Å². The van der Waals surface area contributed by atoms with Gasteiger partial charge in [-0.25, -0.2) is 0 Å². The number of fused-ring (bicyclic) bond motifs is 1. The summed E-state index contributed by atoms with van der Waals surface area (Å²) in [4.78, 5) is 0. The fourth-order valence-electron chi connectivity index (χ4n) is 2.75. The van der Waals surface area contributed by atoms with E-state index in [2.05, 4.69) is 31.3 Å². The van der Waals surface area contributed by atoms with Gasteiger partial charge < -0.3 is 5.32 Å². The molecule has 0 aliphatic heterocycles. The SMILES string of the molecule is CC(C)CCCCNC1CCc2cc(Cl)ccc21. The molecule has 2 heteroatoms. The normalized spacial score (nSPS) is 18.3. The number of hydrogen-bond acceptors (Lipinski definition) is 1. The highest BCUT2D eigenvalue weighted by Crippen LogP contribution is 2.32. The second-order valence-electron chi connectivity index (χ2n) is 5.78. The van der Waals surface area contributed by atoms with Gasteiger partial charge >= 0.3 is 0 Å². The molecule has 0 saturated heterocycles. The highest BCUT2D eigenvalue weighted by Gasteiger charge is 2.21. The Morgan fingerprint density at radius 1 is 1.33 bits per heavy atom. The van der Waals surface area contributed by atoms with E-state index < -0.39 is 0 Å². The molecule has 0 saturated carbocycles. The Kier molecular flexibility index (Phi) is 5.08. The zero-order valence-electron chi connectivity index (χ0n) is 11.5. The van der Waals surface area contributed by atoms with Crippen LogP contribution in [0.5, 0.6) is 0 Å². The molecule has 0 radical (unpaired) electrons. The van der Waals surface area contributed by atoms with Crippen molar-refractivity contribution in [3.05, 3.63) is 34.3 Å². The van der Waals surface area contributed by atoms with Gasteiger partial charge in [0.1, 0.15) is 0 Å². The number of hydrogen-bond donors (Lipinski definition) is 1. The highest BCUT2D eigenvalue weighted by molar-refractivity contribution is 6.30. The van der Waals surface area contributed by atoms with Crippen molar-refractivity contribution >= 4 is 11.6 Å². The van der Waals surface area contributed by atoms with Crippen molar-refractivity contribution in [2.45, 2.75) is 52.0 Å². The summed E-state index contributed by atoms with van der Waals surface area (Å²) >= 11 is 6.03. The van der Waals surface area contributed by atoms with Crippen molar-refractivity contribution in [2.24, 2.45) is 5.92 Å². The summed E-state index contributed by atoms with van der Waals surface area (Å²) in [5, 5.41) is 4.55. The molecule has 2 rings (SSSR count). The van der Waals surface area contributed by atoms with Crippen molar-refractivity contribution in [1.82, 2.24) is 5.32 Å². The van der Waals surface area contributed by atoms with Gasteiger partial charge in [0.25, 0.3) is 0 Å². The van der Waals surface area contributed by atoms with Gasteiger partial charge in [0.05, 0.1) is 0 Å². The summed E-state index contributed by atoms with van der Waals surface area (Å²) in [6, 6.07) is 6.88. The minimum atomic E-state index is 0.552. The van der Waals surface area contributed by atoms with Crippen LogP contribution in [0.4, 0.5) is 0 Å². The second kappa shape index (κ2) is 6.58. The predicted molar refractivity (Wildman–Crippen MR) is 79.2 cm³/mol. The topological polar surface area (TPSA) is 12.0 Å². The van der Waals surface area contributed by atoms with E-state index in [9.17, 15) is 0 Å². The van der Waals surface area contributed by atoms with Crippen LogP contribution in [0.25, 0.3) is 0 Å². The Bertz CT molecular complexity index is 387. The summed E-state index contributed by atoms with van der Waals surface area (Å²) in [7, 11) is 0. The minimum Gasteiger partial charge on any atom is -0.310 e. The van der Waals surface area contributed by atoms with Crippen LogP contribution in [-0.2, 0) is 6.42 Å². The van der Waals surface area contributed by atoms with Crippen LogP contribution in [0.1, 0.15) is 56.7 Å². The average Bonchev–Trinajstić information content (AvgIpc) is 2.70. The van der Waals surface area contributed by atoms with Crippen LogP contribution >= 0.6 is 11.6 Å². The lowest BCUT2D eigenvalue weighted by Gasteiger charge is -2.14. The third kappa shape index (κ3) is 3.73. The quantitative estimate of drug-likeness (QED) is 0.733. The Balaban J connectivity index is 1.76. The molecule has 0 aromatic heterocycles. The van der Waals surface area contributed by atoms with Crippen LogP contribution in [0.2, 0.25) is 5.02 Å². The average molecular weight is 266 g/mol. The van der Waals surface area contributed by atoms with E-state index in [4.69, 9.17) is 11.6 Å². The second-order valence-corrected chi connectivity index (χ2v) is 6.21. The number of halogens is 1. The number of benzene rings is 1. The number of unbranched alkanes of at least 4 members (excludes halogenated alkanes) is 1. The Morgan fingerprint density at radius 3 is 2.94 bits per heavy atom. The summed E-state index contributed by atoms with van der Waals surface area (Å²) in [5.41, 5.74) is 2.89. The van der Waals surface area contributed by atoms with E-state index >= 15 is 0 Å². The Labute approximate surface area is 116 Å². The highest BCUT2D eigenvalue weighted by atomic mass is 35.5. The van der Waals surface area contributed by atoms with E-state index in [1.165, 1.54) is 43.2 Å². The zero-order valence-corrected chi connectivity index (χ0v) is 12.3. The monoisotopic (exact) mass is 265 g/mol. The smallest absolute Gasteiger partial charge is 0.0408 e. The lowest BCUT2D eigenvalue weighted by atomic mass is 10.1. The van der Waals surface area contributed by atoms with Crippen LogP contribution in [-0.4, -0.2) is 6.54 Å². The molecule has 1 unspecified atom stereocenters. The van der Waals surface area contributed by atoms with Crippen LogP contribution in [0, 0.1) is 5.92 Å². The van der Waals surface area contributed by atoms with Crippen molar-refractivity contribution in [3.8, 4) is 0 Å². The van der Waals surface area contributed by atoms with E-state index in [-0.39, 0.29) is 0 Å². The maximum Gasteiger partial charge on any atom is 0.0408 e. The molecule has 1 aliphatic rings. The van der Waals surface area contributed by atoms with E-state index in [1.807, 2.05) is 6.07 Å².